The van der Waals surface area contributed by atoms with E-state index in [4.69, 9.17) is 0 Å². The maximum atomic E-state index is 4.28. The van der Waals surface area contributed by atoms with Gasteiger partial charge in [0.25, 0.3) is 0 Å². The highest BCUT2D eigenvalue weighted by Crippen LogP contribution is 2.50. The van der Waals surface area contributed by atoms with Gasteiger partial charge in [-0.05, 0) is 80.9 Å². The molecule has 0 aliphatic heterocycles. The van der Waals surface area contributed by atoms with Crippen LogP contribution in [-0.4, -0.2) is 19.5 Å². The molecule has 0 saturated carbocycles. The van der Waals surface area contributed by atoms with Crippen molar-refractivity contribution in [2.75, 3.05) is 0 Å². The summed E-state index contributed by atoms with van der Waals surface area (Å²) in [5.74, 6) is 0.684. The molecule has 0 spiro atoms. The largest absolute Gasteiger partial charge is 0.309 e. The minimum atomic E-state index is -0.121. The summed E-state index contributed by atoms with van der Waals surface area (Å²) in [7, 11) is 0. The van der Waals surface area contributed by atoms with Crippen molar-refractivity contribution in [2.45, 2.75) is 19.3 Å². The van der Waals surface area contributed by atoms with Crippen LogP contribution in [-0.2, 0) is 5.41 Å². The van der Waals surface area contributed by atoms with E-state index in [-0.39, 0.29) is 5.41 Å². The van der Waals surface area contributed by atoms with E-state index in [1.54, 1.807) is 0 Å². The first-order valence-electron chi connectivity index (χ1n) is 15.7. The van der Waals surface area contributed by atoms with Crippen LogP contribution in [0.1, 0.15) is 25.0 Å². The van der Waals surface area contributed by atoms with Crippen molar-refractivity contribution in [1.29, 1.82) is 0 Å². The van der Waals surface area contributed by atoms with Crippen LogP contribution in [0.4, 0.5) is 0 Å². The molecule has 0 amide bonds. The van der Waals surface area contributed by atoms with E-state index in [1.165, 1.54) is 84.7 Å². The number of aromatic nitrogens is 4. The molecule has 0 saturated heterocycles. The molecule has 1 aliphatic carbocycles. The van der Waals surface area contributed by atoms with Gasteiger partial charge in [0, 0.05) is 27.4 Å². The Morgan fingerprint density at radius 1 is 0.478 bits per heavy atom. The number of para-hydroxylation sites is 2. The summed E-state index contributed by atoms with van der Waals surface area (Å²) in [6, 6.07) is 48.7. The molecule has 2 aromatic heterocycles. The molecule has 8 aromatic rings. The van der Waals surface area contributed by atoms with Gasteiger partial charge in [-0.15, -0.1) is 0 Å². The molecule has 0 radical (unpaired) electrons. The molecular formula is C42H30N4. The molecule has 6 aromatic carbocycles. The molecule has 2 heterocycles. The van der Waals surface area contributed by atoms with Crippen LogP contribution in [0.3, 0.4) is 0 Å². The topological polar surface area (TPSA) is 43.6 Å². The van der Waals surface area contributed by atoms with Gasteiger partial charge < -0.3 is 4.57 Å². The lowest BCUT2D eigenvalue weighted by atomic mass is 9.81. The molecule has 4 nitrogen and oxygen atoms in total. The van der Waals surface area contributed by atoms with Crippen molar-refractivity contribution < 1.29 is 0 Å². The monoisotopic (exact) mass is 590 g/mol. The smallest absolute Gasteiger partial charge is 0.162 e. The first-order valence-corrected chi connectivity index (χ1v) is 15.7. The van der Waals surface area contributed by atoms with Crippen molar-refractivity contribution in [3.8, 4) is 50.5 Å². The average molecular weight is 591 g/mol. The molecule has 4 heteroatoms. The van der Waals surface area contributed by atoms with Crippen molar-refractivity contribution in [3.05, 3.63) is 157 Å². The summed E-state index contributed by atoms with van der Waals surface area (Å²) in [5.41, 5.74) is 14.7. The zero-order valence-corrected chi connectivity index (χ0v) is 25.6. The molecule has 0 unspecified atom stereocenters. The third-order valence-corrected chi connectivity index (χ3v) is 9.68. The second-order valence-electron chi connectivity index (χ2n) is 12.6. The van der Waals surface area contributed by atoms with Crippen LogP contribution in [0.25, 0.3) is 72.3 Å². The Kier molecular flexibility index (Phi) is 5.81. The number of nitrogens with zero attached hydrogens (tertiary/aromatic N) is 4. The van der Waals surface area contributed by atoms with Crippen LogP contribution < -0.4 is 0 Å². The second-order valence-corrected chi connectivity index (χ2v) is 12.6. The predicted molar refractivity (Wildman–Crippen MR) is 188 cm³/mol. The minimum absolute atomic E-state index is 0.121. The van der Waals surface area contributed by atoms with Crippen LogP contribution in [0.15, 0.2) is 146 Å². The predicted octanol–water partition coefficient (Wildman–Crippen LogP) is 10.3. The van der Waals surface area contributed by atoms with Gasteiger partial charge in [0.15, 0.2) is 5.82 Å². The van der Waals surface area contributed by atoms with Gasteiger partial charge in [-0.2, -0.15) is 0 Å². The Balaban J connectivity index is 1.05. The van der Waals surface area contributed by atoms with Gasteiger partial charge in [0.2, 0.25) is 0 Å². The normalized spacial score (nSPS) is 13.2. The van der Waals surface area contributed by atoms with E-state index >= 15 is 0 Å². The maximum Gasteiger partial charge on any atom is 0.162 e. The van der Waals surface area contributed by atoms with Gasteiger partial charge in [-0.25, -0.2) is 15.0 Å². The molecule has 0 N–H and O–H groups in total. The van der Waals surface area contributed by atoms with E-state index in [1.807, 2.05) is 0 Å². The fourth-order valence-corrected chi connectivity index (χ4v) is 7.30. The Hall–Kier alpha value is -5.87. The van der Waals surface area contributed by atoms with Gasteiger partial charge in [0.05, 0.1) is 11.0 Å². The first kappa shape index (κ1) is 26.5. The molecule has 46 heavy (non-hydrogen) atoms. The van der Waals surface area contributed by atoms with E-state index in [0.717, 1.165) is 5.56 Å². The van der Waals surface area contributed by atoms with Crippen molar-refractivity contribution >= 4 is 21.8 Å². The molecule has 0 atom stereocenters. The number of fused-ring (bicyclic) bond motifs is 6. The Bertz CT molecular complexity index is 2370. The van der Waals surface area contributed by atoms with E-state index in [9.17, 15) is 0 Å². The van der Waals surface area contributed by atoms with E-state index in [0.29, 0.717) is 5.82 Å². The number of hydrogen-bond acceptors (Lipinski definition) is 3. The zero-order chi connectivity index (χ0) is 30.8. The lowest BCUT2D eigenvalue weighted by molar-refractivity contribution is 0.661. The third-order valence-electron chi connectivity index (χ3n) is 9.68. The van der Waals surface area contributed by atoms with Crippen molar-refractivity contribution in [2.24, 2.45) is 0 Å². The standard InChI is InChI=1S/C42H30N4/c1-42(2)37-23-30(27-11-13-29(14-12-27)41-44-25-43-26-45-41)17-21-33(37)34-22-18-31(24-38(34)42)28-15-19-32(20-16-28)46-39-9-5-3-7-35(39)36-8-4-6-10-40(36)46/h3-26H,1-2H3. The van der Waals surface area contributed by atoms with Gasteiger partial charge in [0.1, 0.15) is 12.7 Å². The first-order chi connectivity index (χ1) is 22.6. The summed E-state index contributed by atoms with van der Waals surface area (Å²) < 4.78 is 2.37. The Morgan fingerprint density at radius 2 is 0.935 bits per heavy atom. The van der Waals surface area contributed by atoms with Crippen LogP contribution in [0, 0.1) is 0 Å². The van der Waals surface area contributed by atoms with Gasteiger partial charge in [-0.3, -0.25) is 0 Å². The molecule has 1 aliphatic rings. The number of rotatable bonds is 4. The van der Waals surface area contributed by atoms with Crippen molar-refractivity contribution in [1.82, 2.24) is 19.5 Å². The Morgan fingerprint density at radius 3 is 1.48 bits per heavy atom. The third kappa shape index (κ3) is 4.04. The van der Waals surface area contributed by atoms with Gasteiger partial charge >= 0.3 is 0 Å². The highest BCUT2D eigenvalue weighted by Gasteiger charge is 2.35. The highest BCUT2D eigenvalue weighted by atomic mass is 15.0. The fourth-order valence-electron chi connectivity index (χ4n) is 7.30. The van der Waals surface area contributed by atoms with Crippen molar-refractivity contribution in [3.63, 3.8) is 0 Å². The molecule has 218 valence electrons. The lowest BCUT2D eigenvalue weighted by Crippen LogP contribution is -2.15. The SMILES string of the molecule is CC1(C)c2cc(-c3ccc(-c4ncncn4)cc3)ccc2-c2ccc(-c3ccc(-n4c5ccccc5c5ccccc54)cc3)cc21. The summed E-state index contributed by atoms with van der Waals surface area (Å²) in [6.45, 7) is 4.70. The van der Waals surface area contributed by atoms with Crippen LogP contribution in [0.2, 0.25) is 0 Å². The summed E-state index contributed by atoms with van der Waals surface area (Å²) in [5, 5.41) is 2.56. The van der Waals surface area contributed by atoms with Crippen LogP contribution in [0.5, 0.6) is 0 Å². The van der Waals surface area contributed by atoms with Crippen LogP contribution >= 0.6 is 0 Å². The molecular weight excluding hydrogens is 560 g/mol. The highest BCUT2D eigenvalue weighted by molar-refractivity contribution is 6.09. The lowest BCUT2D eigenvalue weighted by Gasteiger charge is -2.22. The fraction of sp³-hybridized carbons (Fsp3) is 0.0714. The maximum absolute atomic E-state index is 4.28. The quantitative estimate of drug-likeness (QED) is 0.205. The minimum Gasteiger partial charge on any atom is -0.309 e. The summed E-state index contributed by atoms with van der Waals surface area (Å²) in [6.07, 6.45) is 3.06. The van der Waals surface area contributed by atoms with E-state index in [2.05, 4.69) is 167 Å². The Labute approximate surface area is 267 Å². The molecule has 0 fully saturated rings. The average Bonchev–Trinajstić information content (AvgIpc) is 3.57. The number of hydrogen-bond donors (Lipinski definition) is 0. The summed E-state index contributed by atoms with van der Waals surface area (Å²) >= 11 is 0. The van der Waals surface area contributed by atoms with Gasteiger partial charge in [-0.1, -0.05) is 111 Å². The molecule has 0 bridgehead atoms. The van der Waals surface area contributed by atoms with E-state index < -0.39 is 0 Å². The molecule has 9 rings (SSSR count). The summed E-state index contributed by atoms with van der Waals surface area (Å²) in [4.78, 5) is 12.5. The second kappa shape index (κ2) is 10.1. The zero-order valence-electron chi connectivity index (χ0n) is 25.6. The number of benzene rings is 6.